The Bertz CT molecular complexity index is 204. The van der Waals surface area contributed by atoms with E-state index in [4.69, 9.17) is 4.74 Å². The van der Waals surface area contributed by atoms with E-state index in [1.54, 1.807) is 13.2 Å². The molecule has 0 amide bonds. The first-order valence-corrected chi connectivity index (χ1v) is 4.00. The minimum atomic E-state index is 0.0465. The van der Waals surface area contributed by atoms with Crippen LogP contribution in [-0.4, -0.2) is 7.11 Å². The maximum Gasteiger partial charge on any atom is 0.121 e. The second-order valence-corrected chi connectivity index (χ2v) is 3.70. The molecular weight excluding hydrogens is 148 g/mol. The van der Waals surface area contributed by atoms with Crippen molar-refractivity contribution in [3.8, 4) is 0 Å². The summed E-state index contributed by atoms with van der Waals surface area (Å²) < 4.78 is 5.17. The van der Waals surface area contributed by atoms with Gasteiger partial charge in [-0.1, -0.05) is 40.0 Å². The predicted molar refractivity (Wildman–Crippen MR) is 53.9 cm³/mol. The lowest BCUT2D eigenvalue weighted by Gasteiger charge is -2.22. The van der Waals surface area contributed by atoms with E-state index >= 15 is 0 Å². The van der Waals surface area contributed by atoms with Crippen molar-refractivity contribution in [1.82, 2.24) is 0 Å². The number of hydrogen-bond acceptors (Lipinski definition) is 1. The van der Waals surface area contributed by atoms with Crippen molar-refractivity contribution < 1.29 is 4.74 Å². The molecule has 0 aromatic rings. The Morgan fingerprint density at radius 2 is 1.83 bits per heavy atom. The summed E-state index contributed by atoms with van der Waals surface area (Å²) >= 11 is 0. The van der Waals surface area contributed by atoms with Crippen molar-refractivity contribution in [1.29, 1.82) is 0 Å². The standard InChI is InChI=1S/C11H18O/c1-7-8-10(12-6)9(2)11(3,4)5/h7-8H,1-2H2,3-6H3. The molecule has 0 N–H and O–H groups in total. The van der Waals surface area contributed by atoms with Crippen LogP contribution in [0.5, 0.6) is 0 Å². The summed E-state index contributed by atoms with van der Waals surface area (Å²) in [6, 6.07) is 0. The molecule has 68 valence electrons. The van der Waals surface area contributed by atoms with Crippen molar-refractivity contribution in [3.05, 3.63) is 36.6 Å². The third-order valence-corrected chi connectivity index (χ3v) is 1.69. The zero-order valence-corrected chi connectivity index (χ0v) is 8.48. The SMILES string of the molecule is C=CC=C(OC)C(=C)C(C)(C)C. The normalized spacial score (nSPS) is 12.5. The zero-order chi connectivity index (χ0) is 9.78. The van der Waals surface area contributed by atoms with Gasteiger partial charge in [0.2, 0.25) is 0 Å². The molecule has 0 saturated heterocycles. The van der Waals surface area contributed by atoms with Crippen LogP contribution in [0.1, 0.15) is 20.8 Å². The highest BCUT2D eigenvalue weighted by molar-refractivity contribution is 5.30. The Morgan fingerprint density at radius 3 is 2.08 bits per heavy atom. The lowest BCUT2D eigenvalue weighted by molar-refractivity contribution is 0.283. The van der Waals surface area contributed by atoms with Gasteiger partial charge in [0.15, 0.2) is 0 Å². The van der Waals surface area contributed by atoms with Gasteiger partial charge in [-0.2, -0.15) is 0 Å². The van der Waals surface area contributed by atoms with Gasteiger partial charge < -0.3 is 4.74 Å². The molecule has 0 aromatic heterocycles. The van der Waals surface area contributed by atoms with E-state index in [2.05, 4.69) is 33.9 Å². The molecule has 0 radical (unpaired) electrons. The van der Waals surface area contributed by atoms with Crippen LogP contribution < -0.4 is 0 Å². The van der Waals surface area contributed by atoms with Gasteiger partial charge in [-0.15, -0.1) is 0 Å². The molecule has 0 aliphatic heterocycles. The van der Waals surface area contributed by atoms with Crippen LogP contribution in [-0.2, 0) is 4.74 Å². The van der Waals surface area contributed by atoms with Gasteiger partial charge in [0.05, 0.1) is 7.11 Å². The molecule has 0 unspecified atom stereocenters. The number of hydrogen-bond donors (Lipinski definition) is 0. The molecular formula is C11H18O. The van der Waals surface area contributed by atoms with Crippen molar-refractivity contribution in [3.63, 3.8) is 0 Å². The zero-order valence-electron chi connectivity index (χ0n) is 8.48. The lowest BCUT2D eigenvalue weighted by atomic mass is 9.86. The van der Waals surface area contributed by atoms with Crippen molar-refractivity contribution in [2.75, 3.05) is 7.11 Å². The Hall–Kier alpha value is -0.980. The van der Waals surface area contributed by atoms with Gasteiger partial charge in [0.25, 0.3) is 0 Å². The average Bonchev–Trinajstić information content (AvgIpc) is 1.97. The van der Waals surface area contributed by atoms with Gasteiger partial charge in [-0.3, -0.25) is 0 Å². The van der Waals surface area contributed by atoms with E-state index in [0.29, 0.717) is 0 Å². The number of allylic oxidation sites excluding steroid dienone is 3. The Morgan fingerprint density at radius 1 is 1.33 bits per heavy atom. The van der Waals surface area contributed by atoms with Gasteiger partial charge in [-0.05, 0) is 17.1 Å². The maximum atomic E-state index is 5.17. The smallest absolute Gasteiger partial charge is 0.121 e. The summed E-state index contributed by atoms with van der Waals surface area (Å²) in [6.07, 6.45) is 3.53. The Labute approximate surface area is 75.4 Å². The van der Waals surface area contributed by atoms with Gasteiger partial charge >= 0.3 is 0 Å². The van der Waals surface area contributed by atoms with E-state index in [9.17, 15) is 0 Å². The van der Waals surface area contributed by atoms with E-state index in [-0.39, 0.29) is 5.41 Å². The topological polar surface area (TPSA) is 9.23 Å². The molecule has 1 nitrogen and oxygen atoms in total. The Balaban J connectivity index is 4.66. The van der Waals surface area contributed by atoms with Crippen molar-refractivity contribution in [2.24, 2.45) is 5.41 Å². The van der Waals surface area contributed by atoms with E-state index in [0.717, 1.165) is 11.3 Å². The quantitative estimate of drug-likeness (QED) is 0.461. The molecule has 0 fully saturated rings. The summed E-state index contributed by atoms with van der Waals surface area (Å²) in [6.45, 7) is 13.9. The summed E-state index contributed by atoms with van der Waals surface area (Å²) in [4.78, 5) is 0. The second-order valence-electron chi connectivity index (χ2n) is 3.70. The maximum absolute atomic E-state index is 5.17. The van der Waals surface area contributed by atoms with Gasteiger partial charge in [0.1, 0.15) is 5.76 Å². The van der Waals surface area contributed by atoms with Crippen LogP contribution in [0.4, 0.5) is 0 Å². The molecule has 0 heterocycles. The fraction of sp³-hybridized carbons (Fsp3) is 0.455. The minimum Gasteiger partial charge on any atom is -0.496 e. The molecule has 0 saturated carbocycles. The molecule has 0 rings (SSSR count). The van der Waals surface area contributed by atoms with E-state index in [1.165, 1.54) is 0 Å². The third-order valence-electron chi connectivity index (χ3n) is 1.69. The fourth-order valence-electron chi connectivity index (χ4n) is 0.768. The fourth-order valence-corrected chi connectivity index (χ4v) is 0.768. The lowest BCUT2D eigenvalue weighted by Crippen LogP contribution is -2.11. The summed E-state index contributed by atoms with van der Waals surface area (Å²) in [7, 11) is 1.65. The first-order valence-electron chi connectivity index (χ1n) is 4.00. The summed E-state index contributed by atoms with van der Waals surface area (Å²) in [5.74, 6) is 0.803. The predicted octanol–water partition coefficient (Wildman–Crippen LogP) is 3.31. The van der Waals surface area contributed by atoms with Crippen LogP contribution in [0.2, 0.25) is 0 Å². The monoisotopic (exact) mass is 166 g/mol. The molecule has 12 heavy (non-hydrogen) atoms. The summed E-state index contributed by atoms with van der Waals surface area (Å²) in [5, 5.41) is 0. The molecule has 0 bridgehead atoms. The van der Waals surface area contributed by atoms with Crippen molar-refractivity contribution >= 4 is 0 Å². The number of ether oxygens (including phenoxy) is 1. The van der Waals surface area contributed by atoms with Gasteiger partial charge in [0, 0.05) is 0 Å². The highest BCUT2D eigenvalue weighted by Gasteiger charge is 2.18. The first-order chi connectivity index (χ1) is 5.43. The molecule has 0 aromatic carbocycles. The van der Waals surface area contributed by atoms with Crippen LogP contribution in [0.15, 0.2) is 36.6 Å². The van der Waals surface area contributed by atoms with Crippen molar-refractivity contribution in [2.45, 2.75) is 20.8 Å². The molecule has 0 spiro atoms. The molecule has 1 heteroatoms. The molecule has 0 aliphatic carbocycles. The third kappa shape index (κ3) is 2.95. The van der Waals surface area contributed by atoms with Crippen LogP contribution in [0.3, 0.4) is 0 Å². The molecule has 0 atom stereocenters. The van der Waals surface area contributed by atoms with Crippen LogP contribution >= 0.6 is 0 Å². The second kappa shape index (κ2) is 4.15. The Kier molecular flexibility index (Phi) is 3.81. The highest BCUT2D eigenvalue weighted by Crippen LogP contribution is 2.29. The van der Waals surface area contributed by atoms with Gasteiger partial charge in [-0.25, -0.2) is 0 Å². The molecule has 0 aliphatic rings. The van der Waals surface area contributed by atoms with Crippen LogP contribution in [0, 0.1) is 5.41 Å². The number of rotatable bonds is 3. The van der Waals surface area contributed by atoms with Crippen LogP contribution in [0.25, 0.3) is 0 Å². The largest absolute Gasteiger partial charge is 0.496 e. The minimum absolute atomic E-state index is 0.0465. The summed E-state index contributed by atoms with van der Waals surface area (Å²) in [5.41, 5.74) is 1.04. The van der Waals surface area contributed by atoms with E-state index in [1.807, 2.05) is 6.08 Å². The average molecular weight is 166 g/mol. The first kappa shape index (κ1) is 11.0. The number of methoxy groups -OCH3 is 1. The van der Waals surface area contributed by atoms with E-state index < -0.39 is 0 Å². The highest BCUT2D eigenvalue weighted by atomic mass is 16.5.